The predicted molar refractivity (Wildman–Crippen MR) is 62.5 cm³/mol. The van der Waals surface area contributed by atoms with E-state index < -0.39 is 0 Å². The molecule has 1 aliphatic carbocycles. The van der Waals surface area contributed by atoms with E-state index in [4.69, 9.17) is 0 Å². The second-order valence-corrected chi connectivity index (χ2v) is 5.94. The Morgan fingerprint density at radius 2 is 2.43 bits per heavy atom. The van der Waals surface area contributed by atoms with Gasteiger partial charge in [0, 0.05) is 12.6 Å². The fourth-order valence-electron chi connectivity index (χ4n) is 1.87. The van der Waals surface area contributed by atoms with Gasteiger partial charge < -0.3 is 10.4 Å². The van der Waals surface area contributed by atoms with Gasteiger partial charge in [-0.25, -0.2) is 0 Å². The summed E-state index contributed by atoms with van der Waals surface area (Å²) < 4.78 is 1.19. The summed E-state index contributed by atoms with van der Waals surface area (Å²) in [6.07, 6.45) is 3.04. The van der Waals surface area contributed by atoms with Crippen LogP contribution in [0.3, 0.4) is 0 Å². The minimum absolute atomic E-state index is 0.146. The molecule has 0 unspecified atom stereocenters. The van der Waals surface area contributed by atoms with E-state index in [1.165, 1.54) is 9.35 Å². The normalized spacial score (nSPS) is 27.0. The lowest BCUT2D eigenvalue weighted by atomic mass is 10.2. The molecule has 0 saturated heterocycles. The van der Waals surface area contributed by atoms with Gasteiger partial charge in [0.05, 0.1) is 9.89 Å². The third-order valence-corrected chi connectivity index (χ3v) is 4.54. The molecule has 0 aromatic carbocycles. The Morgan fingerprint density at radius 3 is 3.00 bits per heavy atom. The molecule has 1 saturated carbocycles. The lowest BCUT2D eigenvalue weighted by Crippen LogP contribution is -2.34. The third-order valence-electron chi connectivity index (χ3n) is 2.73. The van der Waals surface area contributed by atoms with E-state index >= 15 is 0 Å². The van der Waals surface area contributed by atoms with Crippen LogP contribution in [-0.2, 0) is 6.54 Å². The average Bonchev–Trinajstić information content (AvgIpc) is 2.72. The lowest BCUT2D eigenvalue weighted by Gasteiger charge is -2.15. The van der Waals surface area contributed by atoms with Crippen molar-refractivity contribution >= 4 is 27.3 Å². The van der Waals surface area contributed by atoms with Gasteiger partial charge >= 0.3 is 0 Å². The van der Waals surface area contributed by atoms with Crippen LogP contribution in [0.1, 0.15) is 24.8 Å². The lowest BCUT2D eigenvalue weighted by molar-refractivity contribution is 0.148. The standard InChI is InChI=1S/C10H14BrNOS/c11-10-7(4-5-14-10)6-12-8-2-1-3-9(8)13/h4-5,8-9,12-13H,1-3,6H2/t8-,9-/m0/s1. The second-order valence-electron chi connectivity index (χ2n) is 3.71. The van der Waals surface area contributed by atoms with E-state index in [1.807, 2.05) is 0 Å². The van der Waals surface area contributed by atoms with Crippen molar-refractivity contribution in [2.75, 3.05) is 0 Å². The second kappa shape index (κ2) is 4.75. The Hall–Kier alpha value is 0.100. The fourth-order valence-corrected chi connectivity index (χ4v) is 3.10. The first-order chi connectivity index (χ1) is 6.77. The molecule has 2 nitrogen and oxygen atoms in total. The van der Waals surface area contributed by atoms with Gasteiger partial charge in [-0.3, -0.25) is 0 Å². The highest BCUT2D eigenvalue weighted by Gasteiger charge is 2.24. The van der Waals surface area contributed by atoms with Crippen LogP contribution in [0, 0.1) is 0 Å². The van der Waals surface area contributed by atoms with Crippen molar-refractivity contribution < 1.29 is 5.11 Å². The highest BCUT2D eigenvalue weighted by Crippen LogP contribution is 2.24. The maximum absolute atomic E-state index is 9.62. The summed E-state index contributed by atoms with van der Waals surface area (Å²) >= 11 is 5.21. The summed E-state index contributed by atoms with van der Waals surface area (Å²) in [5.74, 6) is 0. The predicted octanol–water partition coefficient (Wildman–Crippen LogP) is 2.51. The van der Waals surface area contributed by atoms with Crippen molar-refractivity contribution in [3.63, 3.8) is 0 Å². The van der Waals surface area contributed by atoms with Crippen LogP contribution < -0.4 is 5.32 Å². The number of thiophene rings is 1. The summed E-state index contributed by atoms with van der Waals surface area (Å²) in [6, 6.07) is 2.41. The number of aliphatic hydroxyl groups excluding tert-OH is 1. The van der Waals surface area contributed by atoms with Gasteiger partial charge in [-0.2, -0.15) is 0 Å². The minimum atomic E-state index is -0.146. The van der Waals surface area contributed by atoms with Crippen molar-refractivity contribution in [2.45, 2.75) is 38.0 Å². The molecule has 0 amide bonds. The van der Waals surface area contributed by atoms with E-state index in [1.54, 1.807) is 11.3 Å². The molecule has 2 N–H and O–H groups in total. The van der Waals surface area contributed by atoms with Crippen molar-refractivity contribution in [3.8, 4) is 0 Å². The van der Waals surface area contributed by atoms with E-state index in [2.05, 4.69) is 32.7 Å². The number of nitrogens with one attached hydrogen (secondary N) is 1. The van der Waals surface area contributed by atoms with Crippen LogP contribution in [0.5, 0.6) is 0 Å². The summed E-state index contributed by atoms with van der Waals surface area (Å²) in [7, 11) is 0. The van der Waals surface area contributed by atoms with Crippen LogP contribution >= 0.6 is 27.3 Å². The van der Waals surface area contributed by atoms with Crippen molar-refractivity contribution in [3.05, 3.63) is 20.8 Å². The first kappa shape index (κ1) is 10.6. The zero-order valence-corrected chi connectivity index (χ0v) is 10.3. The summed E-state index contributed by atoms with van der Waals surface area (Å²) in [6.45, 7) is 0.853. The van der Waals surface area contributed by atoms with Crippen LogP contribution in [-0.4, -0.2) is 17.3 Å². The van der Waals surface area contributed by atoms with Gasteiger partial charge in [-0.05, 0) is 52.2 Å². The molecule has 1 aliphatic rings. The van der Waals surface area contributed by atoms with E-state index in [0.29, 0.717) is 6.04 Å². The third kappa shape index (κ3) is 2.37. The molecule has 1 fully saturated rings. The largest absolute Gasteiger partial charge is 0.392 e. The molecule has 0 aliphatic heterocycles. The quantitative estimate of drug-likeness (QED) is 0.889. The van der Waals surface area contributed by atoms with Gasteiger partial charge in [0.1, 0.15) is 0 Å². The number of hydrogen-bond donors (Lipinski definition) is 2. The molecule has 0 bridgehead atoms. The molecular weight excluding hydrogens is 262 g/mol. The first-order valence-electron chi connectivity index (χ1n) is 4.90. The highest BCUT2D eigenvalue weighted by molar-refractivity contribution is 9.11. The van der Waals surface area contributed by atoms with E-state index in [9.17, 15) is 5.11 Å². The molecule has 1 aromatic rings. The van der Waals surface area contributed by atoms with Gasteiger partial charge in [-0.1, -0.05) is 0 Å². The highest BCUT2D eigenvalue weighted by atomic mass is 79.9. The monoisotopic (exact) mass is 275 g/mol. The van der Waals surface area contributed by atoms with Crippen molar-refractivity contribution in [1.82, 2.24) is 5.32 Å². The van der Waals surface area contributed by atoms with Gasteiger partial charge in [0.2, 0.25) is 0 Å². The number of halogens is 1. The number of rotatable bonds is 3. The molecule has 4 heteroatoms. The number of aliphatic hydroxyl groups is 1. The fraction of sp³-hybridized carbons (Fsp3) is 0.600. The van der Waals surface area contributed by atoms with Crippen molar-refractivity contribution in [1.29, 1.82) is 0 Å². The Morgan fingerprint density at radius 1 is 1.57 bits per heavy atom. The molecule has 1 aromatic heterocycles. The molecule has 0 radical (unpaired) electrons. The zero-order chi connectivity index (χ0) is 9.97. The molecule has 1 heterocycles. The van der Waals surface area contributed by atoms with Gasteiger partial charge in [0.25, 0.3) is 0 Å². The topological polar surface area (TPSA) is 32.3 Å². The van der Waals surface area contributed by atoms with Gasteiger partial charge in [0.15, 0.2) is 0 Å². The van der Waals surface area contributed by atoms with E-state index in [0.717, 1.165) is 25.8 Å². The van der Waals surface area contributed by atoms with Crippen LogP contribution in [0.25, 0.3) is 0 Å². The first-order valence-corrected chi connectivity index (χ1v) is 6.58. The van der Waals surface area contributed by atoms with Crippen LogP contribution in [0.4, 0.5) is 0 Å². The molecule has 2 atom stereocenters. The number of hydrogen-bond acceptors (Lipinski definition) is 3. The molecule has 14 heavy (non-hydrogen) atoms. The summed E-state index contributed by atoms with van der Waals surface area (Å²) in [5.41, 5.74) is 1.29. The Kier molecular flexibility index (Phi) is 3.60. The Balaban J connectivity index is 1.85. The maximum atomic E-state index is 9.62. The smallest absolute Gasteiger partial charge is 0.0743 e. The molecule has 78 valence electrons. The maximum Gasteiger partial charge on any atom is 0.0743 e. The van der Waals surface area contributed by atoms with Crippen molar-refractivity contribution in [2.24, 2.45) is 0 Å². The molecular formula is C10H14BrNOS. The zero-order valence-electron chi connectivity index (χ0n) is 7.87. The average molecular weight is 276 g/mol. The summed E-state index contributed by atoms with van der Waals surface area (Å²) in [5, 5.41) is 15.1. The van der Waals surface area contributed by atoms with Crippen LogP contribution in [0.15, 0.2) is 15.2 Å². The summed E-state index contributed by atoms with van der Waals surface area (Å²) in [4.78, 5) is 0. The molecule has 0 spiro atoms. The Labute approximate surface area is 96.5 Å². The SMILES string of the molecule is O[C@H]1CCC[C@@H]1NCc1ccsc1Br. The minimum Gasteiger partial charge on any atom is -0.392 e. The van der Waals surface area contributed by atoms with Crippen LogP contribution in [0.2, 0.25) is 0 Å². The Bertz CT molecular complexity index is 302. The van der Waals surface area contributed by atoms with Gasteiger partial charge in [-0.15, -0.1) is 11.3 Å². The van der Waals surface area contributed by atoms with E-state index in [-0.39, 0.29) is 6.10 Å². The molecule has 2 rings (SSSR count).